The number of nitrogens with zero attached hydrogens (tertiary/aromatic N) is 1. The number of halogens is 1. The van der Waals surface area contributed by atoms with Crippen LogP contribution in [0.25, 0.3) is 0 Å². The van der Waals surface area contributed by atoms with Crippen molar-refractivity contribution in [2.45, 2.75) is 26.4 Å². The lowest BCUT2D eigenvalue weighted by molar-refractivity contribution is 0.0375. The molecule has 0 saturated heterocycles. The van der Waals surface area contributed by atoms with Crippen LogP contribution in [0.5, 0.6) is 5.75 Å². The Bertz CT molecular complexity index is 454. The Kier molecular flexibility index (Phi) is 5.03. The van der Waals surface area contributed by atoms with E-state index in [1.165, 1.54) is 0 Å². The molecule has 1 rings (SSSR count). The molecular weight excluding hydrogens is 249 g/mol. The first-order chi connectivity index (χ1) is 8.73. The van der Waals surface area contributed by atoms with Crippen LogP contribution >= 0.6 is 0 Å². The molecule has 0 radical (unpaired) electrons. The van der Waals surface area contributed by atoms with Crippen molar-refractivity contribution in [1.29, 1.82) is 0 Å². The van der Waals surface area contributed by atoms with Crippen molar-refractivity contribution in [2.24, 2.45) is 0 Å². The number of carbonyl (C=O) groups excluding carboxylic acids is 1. The van der Waals surface area contributed by atoms with E-state index >= 15 is 0 Å². The number of Topliss-reactive ketones (excluding diaryl/α,β-unsaturated/α-hetero) is 1. The molecule has 0 heterocycles. The zero-order chi connectivity index (χ0) is 14.6. The van der Waals surface area contributed by atoms with Gasteiger partial charge in [0.2, 0.25) is 0 Å². The van der Waals surface area contributed by atoms with Crippen LogP contribution in [0.1, 0.15) is 31.1 Å². The fourth-order valence-electron chi connectivity index (χ4n) is 1.85. The number of carbonyl (C=O) groups is 1. The molecule has 0 unspecified atom stereocenters. The molecule has 5 heteroatoms. The van der Waals surface area contributed by atoms with Gasteiger partial charge in [0.25, 0.3) is 0 Å². The van der Waals surface area contributed by atoms with E-state index in [1.807, 2.05) is 6.92 Å². The van der Waals surface area contributed by atoms with E-state index < -0.39 is 11.4 Å². The van der Waals surface area contributed by atoms with Gasteiger partial charge in [-0.1, -0.05) is 6.92 Å². The summed E-state index contributed by atoms with van der Waals surface area (Å²) in [6.45, 7) is 6.10. The Morgan fingerprint density at radius 3 is 2.58 bits per heavy atom. The van der Waals surface area contributed by atoms with Crippen molar-refractivity contribution >= 4 is 5.78 Å². The van der Waals surface area contributed by atoms with Gasteiger partial charge in [0.05, 0.1) is 17.7 Å². The number of phenols is 1. The molecule has 0 amide bonds. The smallest absolute Gasteiger partial charge is 0.180 e. The van der Waals surface area contributed by atoms with Crippen LogP contribution in [0.3, 0.4) is 0 Å². The lowest BCUT2D eigenvalue weighted by Gasteiger charge is -2.27. The fraction of sp³-hybridized carbons (Fsp3) is 0.500. The van der Waals surface area contributed by atoms with Gasteiger partial charge in [-0.15, -0.1) is 0 Å². The summed E-state index contributed by atoms with van der Waals surface area (Å²) in [6, 6.07) is 3.28. The van der Waals surface area contributed by atoms with Gasteiger partial charge in [-0.05, 0) is 38.6 Å². The third kappa shape index (κ3) is 4.96. The van der Waals surface area contributed by atoms with Crippen molar-refractivity contribution in [3.05, 3.63) is 29.6 Å². The Balaban J connectivity index is 2.80. The van der Waals surface area contributed by atoms with E-state index in [0.29, 0.717) is 13.1 Å². The fourth-order valence-corrected chi connectivity index (χ4v) is 1.85. The number of aromatic hydroxyl groups is 1. The monoisotopic (exact) mass is 269 g/mol. The average Bonchev–Trinajstić information content (AvgIpc) is 2.29. The summed E-state index contributed by atoms with van der Waals surface area (Å²) in [4.78, 5) is 13.8. The van der Waals surface area contributed by atoms with Crippen LogP contribution < -0.4 is 0 Å². The normalized spacial score (nSPS) is 11.9. The zero-order valence-electron chi connectivity index (χ0n) is 11.5. The summed E-state index contributed by atoms with van der Waals surface area (Å²) in [5.41, 5.74) is -0.950. The minimum atomic E-state index is -0.916. The lowest BCUT2D eigenvalue weighted by atomic mass is 10.1. The number of likely N-dealkylation sites (N-methyl/N-ethyl adjacent to an activating group) is 1. The Morgan fingerprint density at radius 2 is 2.05 bits per heavy atom. The number of phenolic OH excluding ortho intramolecular Hbond substituents is 1. The minimum absolute atomic E-state index is 0.0253. The average molecular weight is 269 g/mol. The van der Waals surface area contributed by atoms with E-state index in [0.717, 1.165) is 18.2 Å². The second-order valence-corrected chi connectivity index (χ2v) is 5.20. The standard InChI is InChI=1S/C14H20FNO3/c1-4-16(9-14(2,3)19)8-13(18)11-7-10(15)5-6-12(11)17/h5-7,17,19H,4,8-9H2,1-3H3. The zero-order valence-corrected chi connectivity index (χ0v) is 11.5. The van der Waals surface area contributed by atoms with E-state index in [4.69, 9.17) is 0 Å². The molecule has 1 aromatic carbocycles. The molecule has 0 aliphatic rings. The summed E-state index contributed by atoms with van der Waals surface area (Å²) in [5, 5.41) is 19.3. The first kappa shape index (κ1) is 15.6. The van der Waals surface area contributed by atoms with Gasteiger partial charge in [-0.2, -0.15) is 0 Å². The molecule has 19 heavy (non-hydrogen) atoms. The summed E-state index contributed by atoms with van der Waals surface area (Å²) in [6.07, 6.45) is 0. The molecule has 0 spiro atoms. The van der Waals surface area contributed by atoms with Crippen molar-refractivity contribution in [3.63, 3.8) is 0 Å². The van der Waals surface area contributed by atoms with Gasteiger partial charge >= 0.3 is 0 Å². The van der Waals surface area contributed by atoms with Gasteiger partial charge in [0, 0.05) is 6.54 Å². The van der Waals surface area contributed by atoms with Crippen molar-refractivity contribution < 1.29 is 19.4 Å². The van der Waals surface area contributed by atoms with E-state index in [-0.39, 0.29) is 23.6 Å². The first-order valence-corrected chi connectivity index (χ1v) is 6.19. The molecule has 106 valence electrons. The number of aliphatic hydroxyl groups is 1. The molecule has 0 bridgehead atoms. The highest BCUT2D eigenvalue weighted by molar-refractivity contribution is 6.00. The molecule has 0 aliphatic heterocycles. The highest BCUT2D eigenvalue weighted by atomic mass is 19.1. The maximum atomic E-state index is 13.1. The molecular formula is C14H20FNO3. The van der Waals surface area contributed by atoms with Crippen molar-refractivity contribution in [2.75, 3.05) is 19.6 Å². The van der Waals surface area contributed by atoms with Crippen molar-refractivity contribution in [3.8, 4) is 5.75 Å². The molecule has 0 aromatic heterocycles. The van der Waals surface area contributed by atoms with E-state index in [9.17, 15) is 19.4 Å². The molecule has 2 N–H and O–H groups in total. The third-order valence-corrected chi connectivity index (χ3v) is 2.68. The van der Waals surface area contributed by atoms with Crippen LogP contribution in [0.2, 0.25) is 0 Å². The molecule has 0 saturated carbocycles. The SMILES string of the molecule is CCN(CC(=O)c1cc(F)ccc1O)CC(C)(C)O. The van der Waals surface area contributed by atoms with Gasteiger partial charge < -0.3 is 10.2 Å². The quantitative estimate of drug-likeness (QED) is 0.773. The number of ketones is 1. The number of rotatable bonds is 6. The highest BCUT2D eigenvalue weighted by Crippen LogP contribution is 2.19. The summed E-state index contributed by atoms with van der Waals surface area (Å²) >= 11 is 0. The maximum Gasteiger partial charge on any atom is 0.180 e. The summed E-state index contributed by atoms with van der Waals surface area (Å²) < 4.78 is 13.1. The minimum Gasteiger partial charge on any atom is -0.507 e. The van der Waals surface area contributed by atoms with Gasteiger partial charge in [0.15, 0.2) is 5.78 Å². The Hall–Kier alpha value is -1.46. The predicted molar refractivity (Wildman–Crippen MR) is 70.8 cm³/mol. The molecule has 0 fully saturated rings. The van der Waals surface area contributed by atoms with Crippen LogP contribution in [0, 0.1) is 5.82 Å². The topological polar surface area (TPSA) is 60.8 Å². The van der Waals surface area contributed by atoms with Crippen molar-refractivity contribution in [1.82, 2.24) is 4.90 Å². The van der Waals surface area contributed by atoms with Crippen LogP contribution in [-0.2, 0) is 0 Å². The molecule has 1 aromatic rings. The summed E-state index contributed by atoms with van der Waals surface area (Å²) in [5.74, 6) is -1.17. The van der Waals surface area contributed by atoms with Gasteiger partial charge in [-0.25, -0.2) is 4.39 Å². The Morgan fingerprint density at radius 1 is 1.42 bits per heavy atom. The maximum absolute atomic E-state index is 13.1. The second-order valence-electron chi connectivity index (χ2n) is 5.20. The van der Waals surface area contributed by atoms with Gasteiger partial charge in [-0.3, -0.25) is 9.69 Å². The number of hydrogen-bond donors (Lipinski definition) is 2. The first-order valence-electron chi connectivity index (χ1n) is 6.19. The third-order valence-electron chi connectivity index (χ3n) is 2.68. The van der Waals surface area contributed by atoms with Crippen LogP contribution in [0.4, 0.5) is 4.39 Å². The number of hydrogen-bond acceptors (Lipinski definition) is 4. The summed E-state index contributed by atoms with van der Waals surface area (Å²) in [7, 11) is 0. The molecule has 0 atom stereocenters. The predicted octanol–water partition coefficient (Wildman–Crippen LogP) is 1.81. The lowest BCUT2D eigenvalue weighted by Crippen LogP contribution is -2.41. The van der Waals surface area contributed by atoms with Crippen LogP contribution in [-0.4, -0.2) is 46.1 Å². The van der Waals surface area contributed by atoms with E-state index in [2.05, 4.69) is 0 Å². The highest BCUT2D eigenvalue weighted by Gasteiger charge is 2.21. The largest absolute Gasteiger partial charge is 0.507 e. The van der Waals surface area contributed by atoms with E-state index in [1.54, 1.807) is 18.7 Å². The second kappa shape index (κ2) is 6.12. The van der Waals surface area contributed by atoms with Gasteiger partial charge in [0.1, 0.15) is 11.6 Å². The molecule has 4 nitrogen and oxygen atoms in total. The molecule has 0 aliphatic carbocycles. The number of benzene rings is 1. The Labute approximate surface area is 112 Å². The van der Waals surface area contributed by atoms with Crippen LogP contribution in [0.15, 0.2) is 18.2 Å².